The SMILES string of the molecule is O=C(Nc1ccc(NC(=O)c2nc(-c3ccccc3)n(-c3ccccc3)n2)cc1)NC1CC1. The second-order valence-corrected chi connectivity index (χ2v) is 7.78. The molecule has 8 nitrogen and oxygen atoms in total. The van der Waals surface area contributed by atoms with Crippen molar-refractivity contribution < 1.29 is 9.59 Å². The van der Waals surface area contributed by atoms with Crippen LogP contribution in [-0.4, -0.2) is 32.7 Å². The Bertz CT molecular complexity index is 1210. The minimum absolute atomic E-state index is 0.0590. The molecule has 3 N–H and O–H groups in total. The number of hydrogen-bond donors (Lipinski definition) is 3. The summed E-state index contributed by atoms with van der Waals surface area (Å²) in [4.78, 5) is 29.3. The maximum absolute atomic E-state index is 12.9. The lowest BCUT2D eigenvalue weighted by Crippen LogP contribution is -2.30. The van der Waals surface area contributed by atoms with Crippen LogP contribution in [0.2, 0.25) is 0 Å². The Morgan fingerprint density at radius 2 is 1.39 bits per heavy atom. The highest BCUT2D eigenvalue weighted by Crippen LogP contribution is 2.22. The maximum atomic E-state index is 12.9. The van der Waals surface area contributed by atoms with E-state index in [1.54, 1.807) is 28.9 Å². The van der Waals surface area contributed by atoms with E-state index < -0.39 is 5.91 Å². The maximum Gasteiger partial charge on any atom is 0.319 e. The molecule has 0 aliphatic heterocycles. The van der Waals surface area contributed by atoms with Crippen molar-refractivity contribution in [3.8, 4) is 17.1 Å². The summed E-state index contributed by atoms with van der Waals surface area (Å²) in [7, 11) is 0. The molecule has 0 radical (unpaired) electrons. The van der Waals surface area contributed by atoms with Gasteiger partial charge < -0.3 is 16.0 Å². The number of carbonyl (C=O) groups excluding carboxylic acids is 2. The first-order valence-electron chi connectivity index (χ1n) is 10.7. The van der Waals surface area contributed by atoms with Crippen LogP contribution in [0.3, 0.4) is 0 Å². The van der Waals surface area contributed by atoms with Crippen molar-refractivity contribution in [2.24, 2.45) is 0 Å². The zero-order valence-corrected chi connectivity index (χ0v) is 17.7. The first-order valence-corrected chi connectivity index (χ1v) is 10.7. The summed E-state index contributed by atoms with van der Waals surface area (Å²) in [6, 6.07) is 26.1. The third-order valence-electron chi connectivity index (χ3n) is 5.16. The highest BCUT2D eigenvalue weighted by Gasteiger charge is 2.23. The van der Waals surface area contributed by atoms with Gasteiger partial charge in [0.2, 0.25) is 5.82 Å². The third-order valence-corrected chi connectivity index (χ3v) is 5.16. The molecule has 0 atom stereocenters. The molecule has 1 saturated carbocycles. The highest BCUT2D eigenvalue weighted by atomic mass is 16.2. The summed E-state index contributed by atoms with van der Waals surface area (Å²) in [6.07, 6.45) is 2.05. The van der Waals surface area contributed by atoms with Gasteiger partial charge >= 0.3 is 6.03 Å². The molecule has 1 aromatic heterocycles. The van der Waals surface area contributed by atoms with Crippen molar-refractivity contribution in [3.05, 3.63) is 90.8 Å². The summed E-state index contributed by atoms with van der Waals surface area (Å²) < 4.78 is 1.66. The minimum atomic E-state index is -0.422. The molecule has 1 aliphatic rings. The van der Waals surface area contributed by atoms with E-state index in [1.165, 1.54) is 0 Å². The third kappa shape index (κ3) is 4.90. The van der Waals surface area contributed by atoms with Crippen LogP contribution in [0.1, 0.15) is 23.5 Å². The predicted molar refractivity (Wildman–Crippen MR) is 126 cm³/mol. The number of urea groups is 1. The van der Waals surface area contributed by atoms with Crippen LogP contribution >= 0.6 is 0 Å². The number of anilines is 2. The quantitative estimate of drug-likeness (QED) is 0.413. The lowest BCUT2D eigenvalue weighted by molar-refractivity contribution is 0.101. The van der Waals surface area contributed by atoms with Gasteiger partial charge in [0.1, 0.15) is 0 Å². The second-order valence-electron chi connectivity index (χ2n) is 7.78. The normalized spacial score (nSPS) is 12.7. The lowest BCUT2D eigenvalue weighted by atomic mass is 10.2. The molecule has 1 aliphatic carbocycles. The molecule has 3 aromatic carbocycles. The summed E-state index contributed by atoms with van der Waals surface area (Å²) in [6.45, 7) is 0. The second kappa shape index (κ2) is 8.96. The van der Waals surface area contributed by atoms with E-state index in [-0.39, 0.29) is 17.9 Å². The van der Waals surface area contributed by atoms with Crippen LogP contribution in [0.5, 0.6) is 0 Å². The standard InChI is InChI=1S/C25H22N6O2/c32-24(26-18-11-13-19(14-12-18)27-25(33)28-20-15-16-20)22-29-23(17-7-3-1-4-8-17)31(30-22)21-9-5-2-6-10-21/h1-14,20H,15-16H2,(H,26,32)(H2,27,28,33). The highest BCUT2D eigenvalue weighted by molar-refractivity contribution is 6.02. The van der Waals surface area contributed by atoms with Gasteiger partial charge in [0, 0.05) is 23.0 Å². The number of rotatable bonds is 6. The van der Waals surface area contributed by atoms with Gasteiger partial charge in [0.05, 0.1) is 5.69 Å². The van der Waals surface area contributed by atoms with Crippen LogP contribution in [0.15, 0.2) is 84.9 Å². The summed E-state index contributed by atoms with van der Waals surface area (Å²) >= 11 is 0. The number of carbonyl (C=O) groups is 2. The summed E-state index contributed by atoms with van der Waals surface area (Å²) in [5.74, 6) is 0.214. The van der Waals surface area contributed by atoms with Gasteiger partial charge in [0.25, 0.3) is 5.91 Å². The smallest absolute Gasteiger partial charge is 0.319 e. The topological polar surface area (TPSA) is 101 Å². The Balaban J connectivity index is 1.34. The molecule has 8 heteroatoms. The fourth-order valence-corrected chi connectivity index (χ4v) is 3.34. The zero-order valence-electron chi connectivity index (χ0n) is 17.7. The van der Waals surface area contributed by atoms with Gasteiger partial charge in [-0.05, 0) is 49.2 Å². The number of amides is 3. The van der Waals surface area contributed by atoms with E-state index >= 15 is 0 Å². The van der Waals surface area contributed by atoms with Crippen LogP contribution in [0.4, 0.5) is 16.2 Å². The number of hydrogen-bond acceptors (Lipinski definition) is 4. The fourth-order valence-electron chi connectivity index (χ4n) is 3.34. The Morgan fingerprint density at radius 1 is 0.788 bits per heavy atom. The van der Waals surface area contributed by atoms with Gasteiger partial charge in [0.15, 0.2) is 5.82 Å². The Morgan fingerprint density at radius 3 is 2.03 bits per heavy atom. The molecule has 0 bridgehead atoms. The van der Waals surface area contributed by atoms with E-state index in [0.717, 1.165) is 24.1 Å². The minimum Gasteiger partial charge on any atom is -0.335 e. The molecule has 164 valence electrons. The van der Waals surface area contributed by atoms with E-state index in [1.807, 2.05) is 60.7 Å². The van der Waals surface area contributed by atoms with Crippen LogP contribution in [0.25, 0.3) is 17.1 Å². The molecular formula is C25H22N6O2. The molecular weight excluding hydrogens is 416 g/mol. The molecule has 4 aromatic rings. The van der Waals surface area contributed by atoms with Crippen LogP contribution in [-0.2, 0) is 0 Å². The van der Waals surface area contributed by atoms with Gasteiger partial charge in [-0.15, -0.1) is 5.10 Å². The number of nitrogens with one attached hydrogen (secondary N) is 3. The predicted octanol–water partition coefficient (Wildman–Crippen LogP) is 4.47. The monoisotopic (exact) mass is 438 g/mol. The molecule has 0 unspecified atom stereocenters. The number of aromatic nitrogens is 3. The van der Waals surface area contributed by atoms with Crippen LogP contribution < -0.4 is 16.0 Å². The van der Waals surface area contributed by atoms with Crippen molar-refractivity contribution in [2.45, 2.75) is 18.9 Å². The van der Waals surface area contributed by atoms with Crippen molar-refractivity contribution in [1.29, 1.82) is 0 Å². The van der Waals surface area contributed by atoms with Gasteiger partial charge in [-0.3, -0.25) is 4.79 Å². The number of benzene rings is 3. The van der Waals surface area contributed by atoms with Gasteiger partial charge in [-0.25, -0.2) is 14.5 Å². The van der Waals surface area contributed by atoms with Crippen LogP contribution in [0, 0.1) is 0 Å². The molecule has 0 spiro atoms. The van der Waals surface area contributed by atoms with Gasteiger partial charge in [-0.1, -0.05) is 48.5 Å². The van der Waals surface area contributed by atoms with E-state index in [9.17, 15) is 9.59 Å². The first-order chi connectivity index (χ1) is 16.2. The molecule has 5 rings (SSSR count). The lowest BCUT2D eigenvalue weighted by Gasteiger charge is -2.08. The Hall–Kier alpha value is -4.46. The average Bonchev–Trinajstić information content (AvgIpc) is 3.54. The fraction of sp³-hybridized carbons (Fsp3) is 0.120. The van der Waals surface area contributed by atoms with Crippen molar-refractivity contribution in [2.75, 3.05) is 10.6 Å². The van der Waals surface area contributed by atoms with Crippen molar-refractivity contribution >= 4 is 23.3 Å². The molecule has 3 amide bonds. The number of nitrogens with zero attached hydrogens (tertiary/aromatic N) is 3. The largest absolute Gasteiger partial charge is 0.335 e. The summed E-state index contributed by atoms with van der Waals surface area (Å²) in [5.41, 5.74) is 2.88. The molecule has 1 fully saturated rings. The number of para-hydroxylation sites is 1. The molecule has 0 saturated heterocycles. The zero-order chi connectivity index (χ0) is 22.6. The average molecular weight is 438 g/mol. The molecule has 1 heterocycles. The van der Waals surface area contributed by atoms with Gasteiger partial charge in [-0.2, -0.15) is 0 Å². The summed E-state index contributed by atoms with van der Waals surface area (Å²) in [5, 5.41) is 12.9. The van der Waals surface area contributed by atoms with Crippen molar-refractivity contribution in [3.63, 3.8) is 0 Å². The van der Waals surface area contributed by atoms with Crippen molar-refractivity contribution in [1.82, 2.24) is 20.1 Å². The molecule has 33 heavy (non-hydrogen) atoms. The Kier molecular flexibility index (Phi) is 5.55. The first kappa shape index (κ1) is 20.4. The van der Waals surface area contributed by atoms with E-state index in [0.29, 0.717) is 17.2 Å². The Labute approximate surface area is 190 Å². The van der Waals surface area contributed by atoms with E-state index in [2.05, 4.69) is 26.0 Å². The van der Waals surface area contributed by atoms with E-state index in [4.69, 9.17) is 0 Å².